The Bertz CT molecular complexity index is 332. The van der Waals surface area contributed by atoms with Gasteiger partial charge in [-0.15, -0.1) is 0 Å². The molecule has 5 nitrogen and oxygen atoms in total. The van der Waals surface area contributed by atoms with Crippen LogP contribution in [-0.2, 0) is 9.53 Å². The lowest BCUT2D eigenvalue weighted by Gasteiger charge is -2.26. The molecular formula is C13H21NO4. The lowest BCUT2D eigenvalue weighted by molar-refractivity contribution is -0.126. The van der Waals surface area contributed by atoms with Gasteiger partial charge in [0.15, 0.2) is 5.78 Å². The Morgan fingerprint density at radius 2 is 2.00 bits per heavy atom. The van der Waals surface area contributed by atoms with Crippen molar-refractivity contribution in [2.45, 2.75) is 57.1 Å². The molecule has 0 aromatic carbocycles. The van der Waals surface area contributed by atoms with Crippen molar-refractivity contribution in [2.24, 2.45) is 5.92 Å². The molecule has 1 aliphatic carbocycles. The largest absolute Gasteiger partial charge is 0.465 e. The van der Waals surface area contributed by atoms with E-state index in [1.165, 1.54) is 19.3 Å². The average molecular weight is 255 g/mol. The van der Waals surface area contributed by atoms with Crippen LogP contribution >= 0.6 is 0 Å². The lowest BCUT2D eigenvalue weighted by Crippen LogP contribution is -2.46. The molecule has 1 saturated heterocycles. The summed E-state index contributed by atoms with van der Waals surface area (Å²) < 4.78 is 5.13. The molecule has 2 rings (SSSR count). The Labute approximate surface area is 107 Å². The molecule has 18 heavy (non-hydrogen) atoms. The molecule has 1 amide bonds. The second-order valence-corrected chi connectivity index (χ2v) is 5.63. The van der Waals surface area contributed by atoms with Crippen LogP contribution in [0.1, 0.15) is 45.4 Å². The maximum Gasteiger partial charge on any atom is 0.405 e. The van der Waals surface area contributed by atoms with E-state index in [1.54, 1.807) is 6.92 Å². The Hall–Kier alpha value is -1.10. The number of amides is 1. The van der Waals surface area contributed by atoms with Crippen LogP contribution in [0, 0.1) is 5.92 Å². The van der Waals surface area contributed by atoms with Crippen LogP contribution in [0.15, 0.2) is 0 Å². The van der Waals surface area contributed by atoms with Gasteiger partial charge in [0.1, 0.15) is 5.60 Å². The molecule has 2 N–H and O–H groups in total. The predicted octanol–water partition coefficient (Wildman–Crippen LogP) is 1.95. The minimum Gasteiger partial charge on any atom is -0.465 e. The number of epoxide rings is 1. The first-order valence-electron chi connectivity index (χ1n) is 6.69. The van der Waals surface area contributed by atoms with Crippen LogP contribution < -0.4 is 5.32 Å². The zero-order chi connectivity index (χ0) is 13.2. The summed E-state index contributed by atoms with van der Waals surface area (Å²) in [5, 5.41) is 11.2. The highest BCUT2D eigenvalue weighted by molar-refractivity contribution is 5.95. The van der Waals surface area contributed by atoms with Gasteiger partial charge in [0, 0.05) is 0 Å². The van der Waals surface area contributed by atoms with Crippen molar-refractivity contribution in [3.8, 4) is 0 Å². The number of hydrogen-bond acceptors (Lipinski definition) is 3. The molecule has 1 aliphatic heterocycles. The number of carbonyl (C=O) groups excluding carboxylic acids is 1. The van der Waals surface area contributed by atoms with Gasteiger partial charge in [-0.3, -0.25) is 4.79 Å². The Morgan fingerprint density at radius 1 is 1.39 bits per heavy atom. The van der Waals surface area contributed by atoms with Crippen LogP contribution in [0.2, 0.25) is 0 Å². The van der Waals surface area contributed by atoms with Gasteiger partial charge in [-0.25, -0.2) is 4.79 Å². The standard InChI is InChI=1S/C13H21NO4/c1-13(8-18-13)11(15)10(14-12(16)17)7-9-5-3-2-4-6-9/h9-10,14H,2-8H2,1H3,(H,16,17)/t10-,13-/m0/s1. The van der Waals surface area contributed by atoms with Gasteiger partial charge in [-0.2, -0.15) is 0 Å². The van der Waals surface area contributed by atoms with Crippen LogP contribution in [-0.4, -0.2) is 35.2 Å². The van der Waals surface area contributed by atoms with E-state index in [4.69, 9.17) is 9.84 Å². The number of carboxylic acid groups (broad SMARTS) is 1. The van der Waals surface area contributed by atoms with Crippen molar-refractivity contribution < 1.29 is 19.4 Å². The molecule has 0 spiro atoms. The monoisotopic (exact) mass is 255 g/mol. The number of ketones is 1. The second-order valence-electron chi connectivity index (χ2n) is 5.63. The van der Waals surface area contributed by atoms with Gasteiger partial charge < -0.3 is 15.2 Å². The van der Waals surface area contributed by atoms with Gasteiger partial charge >= 0.3 is 6.09 Å². The average Bonchev–Trinajstić information content (AvgIpc) is 3.08. The quantitative estimate of drug-likeness (QED) is 0.736. The molecule has 0 aromatic heterocycles. The zero-order valence-electron chi connectivity index (χ0n) is 10.8. The summed E-state index contributed by atoms with van der Waals surface area (Å²) in [6.45, 7) is 2.14. The van der Waals surface area contributed by atoms with Gasteiger partial charge in [0.05, 0.1) is 12.6 Å². The molecule has 1 saturated carbocycles. The Kier molecular flexibility index (Phi) is 3.90. The Balaban J connectivity index is 1.95. The number of ether oxygens (including phenoxy) is 1. The van der Waals surface area contributed by atoms with Crippen LogP contribution in [0.3, 0.4) is 0 Å². The first-order valence-corrected chi connectivity index (χ1v) is 6.69. The van der Waals surface area contributed by atoms with E-state index in [0.29, 0.717) is 18.9 Å². The van der Waals surface area contributed by atoms with Crippen molar-refractivity contribution >= 4 is 11.9 Å². The van der Waals surface area contributed by atoms with Crippen LogP contribution in [0.25, 0.3) is 0 Å². The topological polar surface area (TPSA) is 78.9 Å². The SMILES string of the molecule is C[C@@]1(C(=O)[C@H](CC2CCCCC2)NC(=O)O)CO1. The zero-order valence-corrected chi connectivity index (χ0v) is 10.8. The summed E-state index contributed by atoms with van der Waals surface area (Å²) in [7, 11) is 0. The molecule has 0 unspecified atom stereocenters. The van der Waals surface area contributed by atoms with E-state index in [0.717, 1.165) is 12.8 Å². The summed E-state index contributed by atoms with van der Waals surface area (Å²) in [6.07, 6.45) is 5.31. The Morgan fingerprint density at radius 3 is 2.50 bits per heavy atom. The van der Waals surface area contributed by atoms with Crippen molar-refractivity contribution in [3.63, 3.8) is 0 Å². The number of nitrogens with one attached hydrogen (secondary N) is 1. The van der Waals surface area contributed by atoms with Crippen molar-refractivity contribution in [1.29, 1.82) is 0 Å². The molecule has 2 atom stereocenters. The molecule has 102 valence electrons. The summed E-state index contributed by atoms with van der Waals surface area (Å²) in [6, 6.07) is -0.613. The molecule has 1 heterocycles. The van der Waals surface area contributed by atoms with Gasteiger partial charge in [-0.1, -0.05) is 32.1 Å². The number of carbonyl (C=O) groups is 2. The highest BCUT2D eigenvalue weighted by Crippen LogP contribution is 2.32. The predicted molar refractivity (Wildman–Crippen MR) is 65.5 cm³/mol. The minimum absolute atomic E-state index is 0.115. The third-order valence-corrected chi connectivity index (χ3v) is 4.01. The van der Waals surface area contributed by atoms with Crippen LogP contribution in [0.4, 0.5) is 4.79 Å². The fourth-order valence-corrected chi connectivity index (χ4v) is 2.76. The van der Waals surface area contributed by atoms with Crippen molar-refractivity contribution in [2.75, 3.05) is 6.61 Å². The van der Waals surface area contributed by atoms with Gasteiger partial charge in [-0.05, 0) is 19.3 Å². The van der Waals surface area contributed by atoms with E-state index < -0.39 is 17.7 Å². The fraction of sp³-hybridized carbons (Fsp3) is 0.846. The maximum absolute atomic E-state index is 12.2. The number of hydrogen-bond donors (Lipinski definition) is 2. The highest BCUT2D eigenvalue weighted by atomic mass is 16.6. The lowest BCUT2D eigenvalue weighted by atomic mass is 9.82. The molecular weight excluding hydrogens is 234 g/mol. The second kappa shape index (κ2) is 5.26. The molecule has 2 fully saturated rings. The van der Waals surface area contributed by atoms with E-state index in [2.05, 4.69) is 5.32 Å². The smallest absolute Gasteiger partial charge is 0.405 e. The molecule has 0 radical (unpaired) electrons. The van der Waals surface area contributed by atoms with Gasteiger partial charge in [0.25, 0.3) is 0 Å². The third kappa shape index (κ3) is 3.22. The van der Waals surface area contributed by atoms with Crippen LogP contribution in [0.5, 0.6) is 0 Å². The van der Waals surface area contributed by atoms with E-state index >= 15 is 0 Å². The van der Waals surface area contributed by atoms with E-state index in [-0.39, 0.29) is 5.78 Å². The first kappa shape index (κ1) is 13.3. The first-order chi connectivity index (χ1) is 8.51. The summed E-state index contributed by atoms with van der Waals surface area (Å²) in [5.41, 5.74) is -0.748. The minimum atomic E-state index is -1.13. The molecule has 5 heteroatoms. The van der Waals surface area contributed by atoms with E-state index in [9.17, 15) is 9.59 Å². The summed E-state index contributed by atoms with van der Waals surface area (Å²) in [5.74, 6) is 0.345. The van der Waals surface area contributed by atoms with Crippen molar-refractivity contribution in [3.05, 3.63) is 0 Å². The summed E-state index contributed by atoms with van der Waals surface area (Å²) in [4.78, 5) is 23.0. The van der Waals surface area contributed by atoms with E-state index in [1.807, 2.05) is 0 Å². The highest BCUT2D eigenvalue weighted by Gasteiger charge is 2.50. The molecule has 2 aliphatic rings. The normalized spacial score (nSPS) is 29.6. The number of rotatable bonds is 5. The molecule has 0 bridgehead atoms. The molecule has 0 aromatic rings. The maximum atomic E-state index is 12.2. The van der Waals surface area contributed by atoms with Gasteiger partial charge in [0.2, 0.25) is 0 Å². The third-order valence-electron chi connectivity index (χ3n) is 4.01. The number of Topliss-reactive ketones (excluding diaryl/α,β-unsaturated/α-hetero) is 1. The fourth-order valence-electron chi connectivity index (χ4n) is 2.76. The summed E-state index contributed by atoms with van der Waals surface area (Å²) >= 11 is 0. The van der Waals surface area contributed by atoms with Crippen molar-refractivity contribution in [1.82, 2.24) is 5.32 Å².